The molecule has 0 saturated heterocycles. The third-order valence-corrected chi connectivity index (χ3v) is 7.61. The Kier molecular flexibility index (Phi) is 7.11. The van der Waals surface area contributed by atoms with Crippen LogP contribution in [0.1, 0.15) is 117 Å². The van der Waals surface area contributed by atoms with Gasteiger partial charge in [0.1, 0.15) is 17.1 Å². The molecule has 0 bridgehead atoms. The zero-order valence-electron chi connectivity index (χ0n) is 20.5. The van der Waals surface area contributed by atoms with E-state index in [0.717, 1.165) is 30.6 Å². The second-order valence-corrected chi connectivity index (χ2v) is 11.4. The van der Waals surface area contributed by atoms with Crippen molar-refractivity contribution in [3.8, 4) is 11.5 Å². The van der Waals surface area contributed by atoms with E-state index in [0.29, 0.717) is 29.7 Å². The Morgan fingerprint density at radius 2 is 1.90 bits per heavy atom. The summed E-state index contributed by atoms with van der Waals surface area (Å²) in [7, 11) is 0. The van der Waals surface area contributed by atoms with Crippen molar-refractivity contribution >= 4 is 0 Å². The lowest BCUT2D eigenvalue weighted by molar-refractivity contribution is -0.0126. The highest BCUT2D eigenvalue weighted by Gasteiger charge is 2.48. The molecule has 0 radical (unpaired) electrons. The molecule has 0 aromatic heterocycles. The molecule has 3 nitrogen and oxygen atoms in total. The fraction of sp³-hybridized carbons (Fsp3) is 0.778. The summed E-state index contributed by atoms with van der Waals surface area (Å²) < 4.78 is 6.58. The third-order valence-electron chi connectivity index (χ3n) is 7.61. The van der Waals surface area contributed by atoms with E-state index in [4.69, 9.17) is 4.74 Å². The molecule has 1 aromatic carbocycles. The fourth-order valence-corrected chi connectivity index (χ4v) is 5.90. The molecular formula is C27H45NO2. The normalized spacial score (nSPS) is 25.5. The van der Waals surface area contributed by atoms with Crippen LogP contribution in [0.3, 0.4) is 0 Å². The van der Waals surface area contributed by atoms with Gasteiger partial charge in [0.15, 0.2) is 0 Å². The molecule has 1 heterocycles. The van der Waals surface area contributed by atoms with E-state index in [2.05, 4.69) is 59.8 Å². The van der Waals surface area contributed by atoms with Crippen LogP contribution in [-0.4, -0.2) is 22.8 Å². The summed E-state index contributed by atoms with van der Waals surface area (Å²) in [6.07, 6.45) is 9.63. The van der Waals surface area contributed by atoms with Gasteiger partial charge >= 0.3 is 0 Å². The number of benzene rings is 1. The van der Waals surface area contributed by atoms with Gasteiger partial charge in [0, 0.05) is 23.6 Å². The van der Waals surface area contributed by atoms with Gasteiger partial charge in [0.25, 0.3) is 0 Å². The van der Waals surface area contributed by atoms with E-state index in [-0.39, 0.29) is 11.0 Å². The molecule has 2 aliphatic rings. The number of ether oxygens (including phenoxy) is 1. The highest BCUT2D eigenvalue weighted by atomic mass is 16.5. The molecular weight excluding hydrogens is 370 g/mol. The SMILES string of the molecule is CCCCCCC(C)(C)c1cc(O)c2c(c1)OC(C)(C)[C@@H]1CCC(NC(C)C)C[C@@H]21. The number of hydrogen-bond acceptors (Lipinski definition) is 3. The predicted molar refractivity (Wildman–Crippen MR) is 127 cm³/mol. The zero-order chi connectivity index (χ0) is 22.1. The molecule has 1 aromatic rings. The number of phenolic OH excluding ortho intramolecular Hbond substituents is 1. The van der Waals surface area contributed by atoms with Crippen LogP contribution in [0.25, 0.3) is 0 Å². The van der Waals surface area contributed by atoms with E-state index in [1.54, 1.807) is 0 Å². The number of hydrogen-bond donors (Lipinski definition) is 2. The van der Waals surface area contributed by atoms with Gasteiger partial charge in [-0.2, -0.15) is 0 Å². The van der Waals surface area contributed by atoms with Gasteiger partial charge in [0.2, 0.25) is 0 Å². The van der Waals surface area contributed by atoms with Crippen LogP contribution in [0.2, 0.25) is 0 Å². The van der Waals surface area contributed by atoms with Crippen molar-refractivity contribution in [3.63, 3.8) is 0 Å². The van der Waals surface area contributed by atoms with Crippen LogP contribution in [0.15, 0.2) is 12.1 Å². The summed E-state index contributed by atoms with van der Waals surface area (Å²) >= 11 is 0. The number of nitrogens with one attached hydrogen (secondary N) is 1. The summed E-state index contributed by atoms with van der Waals surface area (Å²) in [5.41, 5.74) is 2.10. The van der Waals surface area contributed by atoms with Gasteiger partial charge in [-0.25, -0.2) is 0 Å². The van der Waals surface area contributed by atoms with E-state index >= 15 is 0 Å². The van der Waals surface area contributed by atoms with Crippen LogP contribution in [0, 0.1) is 5.92 Å². The average molecular weight is 416 g/mol. The maximum absolute atomic E-state index is 11.2. The lowest BCUT2D eigenvalue weighted by Crippen LogP contribution is -2.50. The maximum Gasteiger partial charge on any atom is 0.127 e. The van der Waals surface area contributed by atoms with Crippen LogP contribution in [0.5, 0.6) is 11.5 Å². The molecule has 2 N–H and O–H groups in total. The van der Waals surface area contributed by atoms with Crippen molar-refractivity contribution in [2.24, 2.45) is 5.92 Å². The Bertz CT molecular complexity index is 722. The van der Waals surface area contributed by atoms with E-state index in [1.165, 1.54) is 37.7 Å². The van der Waals surface area contributed by atoms with Gasteiger partial charge in [-0.3, -0.25) is 0 Å². The number of unbranched alkanes of at least 4 members (excludes halogenated alkanes) is 3. The lowest BCUT2D eigenvalue weighted by atomic mass is 9.65. The Balaban J connectivity index is 1.89. The Labute approximate surface area is 185 Å². The van der Waals surface area contributed by atoms with Gasteiger partial charge in [-0.05, 0) is 68.6 Å². The molecule has 3 atom stereocenters. The number of rotatable bonds is 8. The molecule has 1 aliphatic heterocycles. The first kappa shape index (κ1) is 23.4. The van der Waals surface area contributed by atoms with Gasteiger partial charge in [-0.1, -0.05) is 60.3 Å². The van der Waals surface area contributed by atoms with Crippen LogP contribution in [0.4, 0.5) is 0 Å². The van der Waals surface area contributed by atoms with Crippen LogP contribution >= 0.6 is 0 Å². The fourth-order valence-electron chi connectivity index (χ4n) is 5.90. The Hall–Kier alpha value is -1.22. The van der Waals surface area contributed by atoms with Crippen molar-refractivity contribution in [3.05, 3.63) is 23.3 Å². The first-order valence-corrected chi connectivity index (χ1v) is 12.4. The minimum atomic E-state index is -0.198. The van der Waals surface area contributed by atoms with E-state index < -0.39 is 0 Å². The lowest BCUT2D eigenvalue weighted by Gasteiger charge is -2.49. The van der Waals surface area contributed by atoms with Gasteiger partial charge in [0.05, 0.1) is 0 Å². The highest BCUT2D eigenvalue weighted by molar-refractivity contribution is 5.53. The van der Waals surface area contributed by atoms with Crippen molar-refractivity contribution < 1.29 is 9.84 Å². The summed E-state index contributed by atoms with van der Waals surface area (Å²) in [6.45, 7) is 15.8. The second-order valence-electron chi connectivity index (χ2n) is 11.4. The Morgan fingerprint density at radius 1 is 1.17 bits per heavy atom. The van der Waals surface area contributed by atoms with Crippen molar-refractivity contribution in [1.29, 1.82) is 0 Å². The molecule has 1 unspecified atom stereocenters. The predicted octanol–water partition coefficient (Wildman–Crippen LogP) is 7.06. The average Bonchev–Trinajstić information content (AvgIpc) is 2.63. The van der Waals surface area contributed by atoms with Crippen LogP contribution < -0.4 is 10.1 Å². The monoisotopic (exact) mass is 415 g/mol. The minimum absolute atomic E-state index is 0.0406. The van der Waals surface area contributed by atoms with Crippen molar-refractivity contribution in [2.45, 2.75) is 129 Å². The molecule has 30 heavy (non-hydrogen) atoms. The minimum Gasteiger partial charge on any atom is -0.508 e. The molecule has 1 saturated carbocycles. The number of phenols is 1. The smallest absolute Gasteiger partial charge is 0.127 e. The number of fused-ring (bicyclic) bond motifs is 3. The third kappa shape index (κ3) is 4.98. The molecule has 0 amide bonds. The quantitative estimate of drug-likeness (QED) is 0.446. The van der Waals surface area contributed by atoms with Gasteiger partial charge < -0.3 is 15.2 Å². The summed E-state index contributed by atoms with van der Waals surface area (Å²) in [5.74, 6) is 2.17. The molecule has 1 fully saturated rings. The topological polar surface area (TPSA) is 41.5 Å². The standard InChI is InChI=1S/C27H45NO2/c1-8-9-10-11-14-26(4,5)19-15-23(29)25-21-17-20(28-18(2)3)12-13-22(21)27(6,7)30-24(25)16-19/h15-16,18,20-22,28-29H,8-14,17H2,1-7H3/t20?,21-,22-/m1/s1. The zero-order valence-corrected chi connectivity index (χ0v) is 20.5. The molecule has 3 rings (SSSR count). The summed E-state index contributed by atoms with van der Waals surface area (Å²) in [4.78, 5) is 0. The molecule has 3 heteroatoms. The maximum atomic E-state index is 11.2. The largest absolute Gasteiger partial charge is 0.508 e. The molecule has 0 spiro atoms. The summed E-state index contributed by atoms with van der Waals surface area (Å²) in [5, 5.41) is 14.9. The Morgan fingerprint density at radius 3 is 2.57 bits per heavy atom. The molecule has 170 valence electrons. The molecule has 1 aliphatic carbocycles. The first-order chi connectivity index (χ1) is 14.0. The van der Waals surface area contributed by atoms with Gasteiger partial charge in [-0.15, -0.1) is 0 Å². The number of aromatic hydroxyl groups is 1. The van der Waals surface area contributed by atoms with Crippen molar-refractivity contribution in [2.75, 3.05) is 0 Å². The summed E-state index contributed by atoms with van der Waals surface area (Å²) in [6, 6.07) is 5.29. The van der Waals surface area contributed by atoms with Crippen LogP contribution in [-0.2, 0) is 5.41 Å². The first-order valence-electron chi connectivity index (χ1n) is 12.4. The van der Waals surface area contributed by atoms with E-state index in [9.17, 15) is 5.11 Å². The van der Waals surface area contributed by atoms with Crippen molar-refractivity contribution in [1.82, 2.24) is 5.32 Å². The van der Waals surface area contributed by atoms with E-state index in [1.807, 2.05) is 6.07 Å². The second kappa shape index (κ2) is 9.10. The highest BCUT2D eigenvalue weighted by Crippen LogP contribution is 2.55.